The number of hydrogen-bond donors (Lipinski definition) is 2. The first kappa shape index (κ1) is 13.0. The molecule has 0 aliphatic carbocycles. The first-order valence-corrected chi connectivity index (χ1v) is 5.94. The van der Waals surface area contributed by atoms with Gasteiger partial charge in [0.15, 0.2) is 0 Å². The summed E-state index contributed by atoms with van der Waals surface area (Å²) in [6, 6.07) is 12.6. The Kier molecular flexibility index (Phi) is 4.07. The van der Waals surface area contributed by atoms with Crippen molar-refractivity contribution in [2.75, 3.05) is 11.4 Å². The summed E-state index contributed by atoms with van der Waals surface area (Å²) in [5.74, 6) is 0.375. The van der Waals surface area contributed by atoms with Crippen molar-refractivity contribution in [1.29, 1.82) is 5.41 Å². The number of amidine groups is 1. The fraction of sp³-hybridized carbons (Fsp3) is 0.143. The SMILES string of the molecule is N=C(N)CCN(c1ccccc1)c1ccc(F)cn1. The zero-order chi connectivity index (χ0) is 13.7. The highest BCUT2D eigenvalue weighted by atomic mass is 19.1. The standard InChI is InChI=1S/C14H15FN4/c15-11-6-7-14(18-10-11)19(9-8-13(16)17)12-4-2-1-3-5-12/h1-7,10H,8-9H2,(H3,16,17). The summed E-state index contributed by atoms with van der Waals surface area (Å²) in [4.78, 5) is 5.98. The van der Waals surface area contributed by atoms with E-state index in [0.29, 0.717) is 18.8 Å². The van der Waals surface area contributed by atoms with Gasteiger partial charge in [-0.05, 0) is 24.3 Å². The lowest BCUT2D eigenvalue weighted by molar-refractivity contribution is 0.621. The maximum Gasteiger partial charge on any atom is 0.141 e. The molecular weight excluding hydrogens is 243 g/mol. The quantitative estimate of drug-likeness (QED) is 0.640. The van der Waals surface area contributed by atoms with Crippen molar-refractivity contribution < 1.29 is 4.39 Å². The van der Waals surface area contributed by atoms with Gasteiger partial charge in [-0.2, -0.15) is 0 Å². The van der Waals surface area contributed by atoms with E-state index in [4.69, 9.17) is 11.1 Å². The van der Waals surface area contributed by atoms with Gasteiger partial charge in [0.05, 0.1) is 12.0 Å². The first-order chi connectivity index (χ1) is 9.16. The van der Waals surface area contributed by atoms with Crippen molar-refractivity contribution in [3.8, 4) is 0 Å². The summed E-state index contributed by atoms with van der Waals surface area (Å²) in [5, 5.41) is 7.32. The molecule has 0 spiro atoms. The van der Waals surface area contributed by atoms with Gasteiger partial charge in [-0.15, -0.1) is 0 Å². The van der Waals surface area contributed by atoms with Crippen molar-refractivity contribution >= 4 is 17.3 Å². The van der Waals surface area contributed by atoms with Gasteiger partial charge < -0.3 is 10.6 Å². The second kappa shape index (κ2) is 5.95. The van der Waals surface area contributed by atoms with Crippen LogP contribution < -0.4 is 10.6 Å². The number of nitrogens with one attached hydrogen (secondary N) is 1. The predicted molar refractivity (Wildman–Crippen MR) is 74.2 cm³/mol. The monoisotopic (exact) mass is 258 g/mol. The first-order valence-electron chi connectivity index (χ1n) is 5.94. The maximum absolute atomic E-state index is 12.9. The Balaban J connectivity index is 2.28. The molecule has 3 N–H and O–H groups in total. The van der Waals surface area contributed by atoms with E-state index < -0.39 is 0 Å². The molecule has 0 fully saturated rings. The molecule has 0 unspecified atom stereocenters. The molecule has 0 saturated heterocycles. The second-order valence-corrected chi connectivity index (χ2v) is 4.10. The van der Waals surface area contributed by atoms with Crippen LogP contribution in [0.5, 0.6) is 0 Å². The normalized spacial score (nSPS) is 10.2. The van der Waals surface area contributed by atoms with Crippen LogP contribution in [0.1, 0.15) is 6.42 Å². The molecule has 0 radical (unpaired) electrons. The number of halogens is 1. The van der Waals surface area contributed by atoms with Crippen LogP contribution in [0.25, 0.3) is 0 Å². The Morgan fingerprint density at radius 3 is 2.53 bits per heavy atom. The lowest BCUT2D eigenvalue weighted by Gasteiger charge is -2.23. The molecule has 5 heteroatoms. The molecule has 98 valence electrons. The summed E-state index contributed by atoms with van der Waals surface area (Å²) < 4.78 is 12.9. The van der Waals surface area contributed by atoms with Crippen molar-refractivity contribution in [2.24, 2.45) is 5.73 Å². The Morgan fingerprint density at radius 2 is 1.95 bits per heavy atom. The highest BCUT2D eigenvalue weighted by Gasteiger charge is 2.10. The molecule has 19 heavy (non-hydrogen) atoms. The van der Waals surface area contributed by atoms with Crippen LogP contribution in [0.3, 0.4) is 0 Å². The van der Waals surface area contributed by atoms with Crippen molar-refractivity contribution in [1.82, 2.24) is 4.98 Å². The second-order valence-electron chi connectivity index (χ2n) is 4.10. The Labute approximate surface area is 111 Å². The van der Waals surface area contributed by atoms with Crippen LogP contribution >= 0.6 is 0 Å². The molecule has 0 amide bonds. The fourth-order valence-electron chi connectivity index (χ4n) is 1.74. The van der Waals surface area contributed by atoms with Gasteiger partial charge in [0.2, 0.25) is 0 Å². The highest BCUT2D eigenvalue weighted by Crippen LogP contribution is 2.23. The fourth-order valence-corrected chi connectivity index (χ4v) is 1.74. The number of aromatic nitrogens is 1. The van der Waals surface area contributed by atoms with E-state index in [1.807, 2.05) is 35.2 Å². The minimum atomic E-state index is -0.372. The van der Waals surface area contributed by atoms with E-state index in [0.717, 1.165) is 5.69 Å². The van der Waals surface area contributed by atoms with E-state index in [9.17, 15) is 4.39 Å². The molecular formula is C14H15FN4. The Morgan fingerprint density at radius 1 is 1.21 bits per heavy atom. The molecule has 1 aromatic carbocycles. The lowest BCUT2D eigenvalue weighted by atomic mass is 10.2. The Bertz CT molecular complexity index is 539. The topological polar surface area (TPSA) is 66.0 Å². The summed E-state index contributed by atoms with van der Waals surface area (Å²) >= 11 is 0. The van der Waals surface area contributed by atoms with E-state index >= 15 is 0 Å². The van der Waals surface area contributed by atoms with Crippen LogP contribution in [-0.4, -0.2) is 17.4 Å². The summed E-state index contributed by atoms with van der Waals surface area (Å²) in [5.41, 5.74) is 6.33. The number of nitrogens with two attached hydrogens (primary N) is 1. The van der Waals surface area contributed by atoms with Gasteiger partial charge in [-0.25, -0.2) is 9.37 Å². The van der Waals surface area contributed by atoms with Gasteiger partial charge in [0.1, 0.15) is 11.6 Å². The van der Waals surface area contributed by atoms with Crippen LogP contribution in [0.15, 0.2) is 48.7 Å². The number of rotatable bonds is 5. The van der Waals surface area contributed by atoms with Crippen LogP contribution in [0.2, 0.25) is 0 Å². The van der Waals surface area contributed by atoms with Gasteiger partial charge in [0.25, 0.3) is 0 Å². The minimum absolute atomic E-state index is 0.114. The number of anilines is 2. The molecule has 0 bridgehead atoms. The third kappa shape index (κ3) is 3.51. The van der Waals surface area contributed by atoms with Crippen LogP contribution in [0.4, 0.5) is 15.9 Å². The molecule has 1 aromatic heterocycles. The summed E-state index contributed by atoms with van der Waals surface area (Å²) in [6.07, 6.45) is 1.60. The van der Waals surface area contributed by atoms with Gasteiger partial charge >= 0.3 is 0 Å². The highest BCUT2D eigenvalue weighted by molar-refractivity contribution is 5.78. The third-order valence-electron chi connectivity index (χ3n) is 2.66. The van der Waals surface area contributed by atoms with Gasteiger partial charge in [-0.1, -0.05) is 18.2 Å². The zero-order valence-electron chi connectivity index (χ0n) is 10.4. The van der Waals surface area contributed by atoms with E-state index in [-0.39, 0.29) is 11.7 Å². The molecule has 0 atom stereocenters. The van der Waals surface area contributed by atoms with E-state index in [1.54, 1.807) is 6.07 Å². The average molecular weight is 258 g/mol. The predicted octanol–water partition coefficient (Wildman–Crippen LogP) is 2.68. The Hall–Kier alpha value is -2.43. The van der Waals surface area contributed by atoms with Crippen LogP contribution in [-0.2, 0) is 0 Å². The van der Waals surface area contributed by atoms with Crippen molar-refractivity contribution in [2.45, 2.75) is 6.42 Å². The van der Waals surface area contributed by atoms with E-state index in [2.05, 4.69) is 4.98 Å². The number of pyridine rings is 1. The van der Waals surface area contributed by atoms with Crippen molar-refractivity contribution in [3.05, 3.63) is 54.5 Å². The number of benzene rings is 1. The van der Waals surface area contributed by atoms with Crippen molar-refractivity contribution in [3.63, 3.8) is 0 Å². The number of para-hydroxylation sites is 1. The third-order valence-corrected chi connectivity index (χ3v) is 2.66. The molecule has 0 aliphatic rings. The maximum atomic E-state index is 12.9. The zero-order valence-corrected chi connectivity index (χ0v) is 10.4. The smallest absolute Gasteiger partial charge is 0.141 e. The van der Waals surface area contributed by atoms with Gasteiger partial charge in [-0.3, -0.25) is 5.41 Å². The summed E-state index contributed by atoms with van der Waals surface area (Å²) in [6.45, 7) is 0.526. The lowest BCUT2D eigenvalue weighted by Crippen LogP contribution is -2.24. The molecule has 0 saturated carbocycles. The molecule has 1 heterocycles. The molecule has 0 aliphatic heterocycles. The number of nitrogens with zero attached hydrogens (tertiary/aromatic N) is 2. The minimum Gasteiger partial charge on any atom is -0.388 e. The molecule has 2 aromatic rings. The largest absolute Gasteiger partial charge is 0.388 e. The number of hydrogen-bond acceptors (Lipinski definition) is 3. The summed E-state index contributed by atoms with van der Waals surface area (Å²) in [7, 11) is 0. The van der Waals surface area contributed by atoms with E-state index in [1.165, 1.54) is 12.3 Å². The van der Waals surface area contributed by atoms with Gasteiger partial charge in [0, 0.05) is 18.7 Å². The molecule has 4 nitrogen and oxygen atoms in total. The average Bonchev–Trinajstić information content (AvgIpc) is 2.42. The van der Waals surface area contributed by atoms with Crippen LogP contribution in [0, 0.1) is 11.2 Å². The molecule has 2 rings (SSSR count).